The molecule has 1 aromatic carbocycles. The normalized spacial score (nSPS) is 10.6. The van der Waals surface area contributed by atoms with Gasteiger partial charge in [0.15, 0.2) is 6.61 Å². The van der Waals surface area contributed by atoms with E-state index in [2.05, 4.69) is 33.7 Å². The van der Waals surface area contributed by atoms with E-state index in [9.17, 15) is 9.59 Å². The third-order valence-corrected chi connectivity index (χ3v) is 5.41. The van der Waals surface area contributed by atoms with Crippen molar-refractivity contribution >= 4 is 27.7 Å². The fraction of sp³-hybridized carbons (Fsp3) is 0.652. The zero-order valence-electron chi connectivity index (χ0n) is 18.0. The summed E-state index contributed by atoms with van der Waals surface area (Å²) in [6.45, 7) is 4.07. The van der Waals surface area contributed by atoms with Gasteiger partial charge in [0.1, 0.15) is 5.75 Å². The third-order valence-electron chi connectivity index (χ3n) is 4.79. The first-order valence-electron chi connectivity index (χ1n) is 11.0. The molecule has 0 radical (unpaired) electrons. The van der Waals surface area contributed by atoms with E-state index in [0.29, 0.717) is 12.2 Å². The molecule has 0 unspecified atom stereocenters. The number of halogens is 1. The van der Waals surface area contributed by atoms with E-state index in [0.717, 1.165) is 22.9 Å². The van der Waals surface area contributed by atoms with Gasteiger partial charge in [-0.15, -0.1) is 0 Å². The van der Waals surface area contributed by atoms with Gasteiger partial charge in [0.2, 0.25) is 5.91 Å². The molecule has 2 N–H and O–H groups in total. The second-order valence-electron chi connectivity index (χ2n) is 7.60. The first-order chi connectivity index (χ1) is 14.0. The van der Waals surface area contributed by atoms with Crippen molar-refractivity contribution in [3.8, 4) is 5.75 Å². The van der Waals surface area contributed by atoms with Gasteiger partial charge in [-0.25, -0.2) is 0 Å². The van der Waals surface area contributed by atoms with Crippen LogP contribution in [0, 0.1) is 6.92 Å². The van der Waals surface area contributed by atoms with Crippen molar-refractivity contribution in [2.45, 2.75) is 90.9 Å². The molecule has 2 amide bonds. The minimum absolute atomic E-state index is 0.152. The Kier molecular flexibility index (Phi) is 14.3. The summed E-state index contributed by atoms with van der Waals surface area (Å²) in [5.74, 6) is 0.0496. The average molecular weight is 469 g/mol. The molecule has 5 nitrogen and oxygen atoms in total. The van der Waals surface area contributed by atoms with Gasteiger partial charge in [-0.1, -0.05) is 77.2 Å². The van der Waals surface area contributed by atoms with Gasteiger partial charge in [-0.3, -0.25) is 20.4 Å². The highest BCUT2D eigenvalue weighted by atomic mass is 79.9. The van der Waals surface area contributed by atoms with Gasteiger partial charge in [-0.2, -0.15) is 0 Å². The Bertz CT molecular complexity index is 608. The smallest absolute Gasteiger partial charge is 0.276 e. The first kappa shape index (κ1) is 25.5. The zero-order chi connectivity index (χ0) is 21.3. The molecular weight excluding hydrogens is 432 g/mol. The van der Waals surface area contributed by atoms with E-state index < -0.39 is 0 Å². The van der Waals surface area contributed by atoms with Crippen LogP contribution >= 0.6 is 15.9 Å². The van der Waals surface area contributed by atoms with Crippen LogP contribution in [-0.2, 0) is 9.59 Å². The molecule has 0 aromatic heterocycles. The largest absolute Gasteiger partial charge is 0.483 e. The van der Waals surface area contributed by atoms with Crippen molar-refractivity contribution in [1.29, 1.82) is 0 Å². The van der Waals surface area contributed by atoms with E-state index in [4.69, 9.17) is 4.74 Å². The Morgan fingerprint density at radius 2 is 1.41 bits per heavy atom. The molecule has 1 rings (SSSR count). The lowest BCUT2D eigenvalue weighted by atomic mass is 10.1. The minimum Gasteiger partial charge on any atom is -0.483 e. The summed E-state index contributed by atoms with van der Waals surface area (Å²) >= 11 is 3.40. The number of hydrogen-bond acceptors (Lipinski definition) is 3. The van der Waals surface area contributed by atoms with Crippen LogP contribution in [0.4, 0.5) is 0 Å². The predicted molar refractivity (Wildman–Crippen MR) is 122 cm³/mol. The summed E-state index contributed by atoms with van der Waals surface area (Å²) in [6, 6.07) is 5.63. The Labute approximate surface area is 184 Å². The molecule has 6 heteroatoms. The number of carbonyl (C=O) groups excluding carboxylic acids is 2. The number of benzene rings is 1. The fourth-order valence-electron chi connectivity index (χ4n) is 3.05. The zero-order valence-corrected chi connectivity index (χ0v) is 19.6. The predicted octanol–water partition coefficient (Wildman–Crippen LogP) is 5.98. The SMILES string of the molecule is CCCCCCCCCCCCCC(=O)NNC(=O)COc1ccc(C)cc1Br. The lowest BCUT2D eigenvalue weighted by Gasteiger charge is -2.10. The van der Waals surface area contributed by atoms with Crippen molar-refractivity contribution < 1.29 is 14.3 Å². The molecule has 0 aliphatic carbocycles. The van der Waals surface area contributed by atoms with Crippen LogP contribution in [0.2, 0.25) is 0 Å². The Morgan fingerprint density at radius 3 is 2.00 bits per heavy atom. The summed E-state index contributed by atoms with van der Waals surface area (Å²) in [6.07, 6.45) is 14.2. The van der Waals surface area contributed by atoms with Crippen molar-refractivity contribution in [3.63, 3.8) is 0 Å². The van der Waals surface area contributed by atoms with Crippen LogP contribution in [0.15, 0.2) is 22.7 Å². The van der Waals surface area contributed by atoms with Gasteiger partial charge < -0.3 is 4.74 Å². The molecule has 29 heavy (non-hydrogen) atoms. The Balaban J connectivity index is 1.97. The van der Waals surface area contributed by atoms with Crippen LogP contribution in [0.3, 0.4) is 0 Å². The number of nitrogens with one attached hydrogen (secondary N) is 2. The number of hydrogen-bond donors (Lipinski definition) is 2. The molecule has 1 aromatic rings. The van der Waals surface area contributed by atoms with Gasteiger partial charge in [0.05, 0.1) is 4.47 Å². The van der Waals surface area contributed by atoms with Crippen LogP contribution < -0.4 is 15.6 Å². The second kappa shape index (κ2) is 16.3. The third kappa shape index (κ3) is 13.3. The lowest BCUT2D eigenvalue weighted by molar-refractivity contribution is -0.130. The molecular formula is C23H37BrN2O3. The number of aryl methyl sites for hydroxylation is 1. The molecule has 0 aliphatic heterocycles. The van der Waals surface area contributed by atoms with E-state index in [1.165, 1.54) is 57.8 Å². The lowest BCUT2D eigenvalue weighted by Crippen LogP contribution is -2.43. The van der Waals surface area contributed by atoms with E-state index in [-0.39, 0.29) is 18.4 Å². The summed E-state index contributed by atoms with van der Waals surface area (Å²) in [5, 5.41) is 0. The molecule has 0 spiro atoms. The maximum Gasteiger partial charge on any atom is 0.276 e. The number of hydrazine groups is 1. The maximum atomic E-state index is 11.8. The number of amides is 2. The molecule has 0 heterocycles. The highest BCUT2D eigenvalue weighted by Crippen LogP contribution is 2.25. The van der Waals surface area contributed by atoms with Gasteiger partial charge >= 0.3 is 0 Å². The number of rotatable bonds is 15. The van der Waals surface area contributed by atoms with E-state index in [1.807, 2.05) is 19.1 Å². The second-order valence-corrected chi connectivity index (χ2v) is 8.46. The van der Waals surface area contributed by atoms with E-state index in [1.54, 1.807) is 6.07 Å². The summed E-state index contributed by atoms with van der Waals surface area (Å²) in [5.41, 5.74) is 5.94. The standard InChI is InChI=1S/C23H37BrN2O3/c1-3-4-5-6-7-8-9-10-11-12-13-14-22(27)25-26-23(28)18-29-21-16-15-19(2)17-20(21)24/h15-17H,3-14,18H2,1-2H3,(H,25,27)(H,26,28). The number of carbonyl (C=O) groups is 2. The van der Waals surface area contributed by atoms with E-state index >= 15 is 0 Å². The summed E-state index contributed by atoms with van der Waals surface area (Å²) in [4.78, 5) is 23.6. The van der Waals surface area contributed by atoms with Crippen LogP contribution in [0.25, 0.3) is 0 Å². The summed E-state index contributed by atoms with van der Waals surface area (Å²) in [7, 11) is 0. The summed E-state index contributed by atoms with van der Waals surface area (Å²) < 4.78 is 6.25. The highest BCUT2D eigenvalue weighted by Gasteiger charge is 2.07. The fourth-order valence-corrected chi connectivity index (χ4v) is 3.66. The molecule has 0 fully saturated rings. The van der Waals surface area contributed by atoms with Gasteiger partial charge in [0.25, 0.3) is 5.91 Å². The van der Waals surface area contributed by atoms with Gasteiger partial charge in [-0.05, 0) is 47.0 Å². The number of ether oxygens (including phenoxy) is 1. The van der Waals surface area contributed by atoms with Crippen LogP contribution in [0.5, 0.6) is 5.75 Å². The monoisotopic (exact) mass is 468 g/mol. The number of unbranched alkanes of at least 4 members (excludes halogenated alkanes) is 10. The quantitative estimate of drug-likeness (QED) is 0.245. The maximum absolute atomic E-state index is 11.8. The molecule has 0 saturated heterocycles. The topological polar surface area (TPSA) is 67.4 Å². The van der Waals surface area contributed by atoms with Crippen molar-refractivity contribution in [3.05, 3.63) is 28.2 Å². The molecule has 0 atom stereocenters. The van der Waals surface area contributed by atoms with Gasteiger partial charge in [0, 0.05) is 6.42 Å². The average Bonchev–Trinajstić information content (AvgIpc) is 2.69. The van der Waals surface area contributed by atoms with Crippen LogP contribution in [-0.4, -0.2) is 18.4 Å². The molecule has 0 aliphatic rings. The Morgan fingerprint density at radius 1 is 0.862 bits per heavy atom. The van der Waals surface area contributed by atoms with Crippen molar-refractivity contribution in [2.75, 3.05) is 6.61 Å². The molecule has 0 bridgehead atoms. The molecule has 0 saturated carbocycles. The van der Waals surface area contributed by atoms with Crippen LogP contribution in [0.1, 0.15) is 89.5 Å². The highest BCUT2D eigenvalue weighted by molar-refractivity contribution is 9.10. The minimum atomic E-state index is -0.384. The molecule has 164 valence electrons. The van der Waals surface area contributed by atoms with Crippen molar-refractivity contribution in [1.82, 2.24) is 10.9 Å². The Hall–Kier alpha value is -1.56. The first-order valence-corrected chi connectivity index (χ1v) is 11.8. The van der Waals surface area contributed by atoms with Crippen molar-refractivity contribution in [2.24, 2.45) is 0 Å².